The Balaban J connectivity index is 1.22. The number of carbonyl (C=O) groups excluding carboxylic acids is 17. The molecule has 44 heteroatoms. The number of carbonyl (C=O) groups is 18. The summed E-state index contributed by atoms with van der Waals surface area (Å²) in [6.45, 7) is 10.7. The number of hydrogen-bond donors (Lipinski definition) is 20. The van der Waals surface area contributed by atoms with Gasteiger partial charge in [0.2, 0.25) is 100 Å². The Bertz CT molecular complexity index is 5290. The van der Waals surface area contributed by atoms with Crippen LogP contribution in [0.4, 0.5) is 0 Å². The molecule has 4 heterocycles. The number of H-pyrrole nitrogens is 1. The Morgan fingerprint density at radius 3 is 1.85 bits per heavy atom. The lowest BCUT2D eigenvalue weighted by Gasteiger charge is -2.39. The maximum Gasteiger partial charge on any atom is 0.303 e. The van der Waals surface area contributed by atoms with Gasteiger partial charge < -0.3 is 122 Å². The van der Waals surface area contributed by atoms with Crippen LogP contribution in [0.15, 0.2) is 116 Å². The van der Waals surface area contributed by atoms with E-state index in [4.69, 9.17) is 32.4 Å². The van der Waals surface area contributed by atoms with Gasteiger partial charge in [-0.15, -0.1) is 0 Å². The molecule has 2 aliphatic heterocycles. The predicted octanol–water partition coefficient (Wildman–Crippen LogP) is -1.76. The van der Waals surface area contributed by atoms with Crippen LogP contribution in [0.3, 0.4) is 0 Å². The fraction of sp³-hybridized carbons (Fsp3) is 0.484. The van der Waals surface area contributed by atoms with Crippen molar-refractivity contribution >= 4 is 150 Å². The average Bonchev–Trinajstić information content (AvgIpc) is 1.71. The highest BCUT2D eigenvalue weighted by molar-refractivity contribution is 8.77. The van der Waals surface area contributed by atoms with Gasteiger partial charge in [-0.3, -0.25) is 91.3 Å². The van der Waals surface area contributed by atoms with Crippen LogP contribution in [-0.2, 0) is 117 Å². The molecule has 0 saturated carbocycles. The second kappa shape index (κ2) is 50.1. The Labute approximate surface area is 787 Å². The summed E-state index contributed by atoms with van der Waals surface area (Å²) in [5.41, 5.74) is 23.5. The summed E-state index contributed by atoms with van der Waals surface area (Å²) in [6, 6.07) is 7.88. The molecule has 0 aliphatic carbocycles. The zero-order valence-electron chi connectivity index (χ0n) is 76.6. The van der Waals surface area contributed by atoms with E-state index in [0.29, 0.717) is 44.3 Å². The van der Waals surface area contributed by atoms with Crippen molar-refractivity contribution in [1.29, 1.82) is 0 Å². The summed E-state index contributed by atoms with van der Waals surface area (Å²) in [7, 11) is 3.03. The molecule has 42 nitrogen and oxygen atoms in total. The fourth-order valence-corrected chi connectivity index (χ4v) is 18.1. The molecule has 8 rings (SSSR count). The third-order valence-electron chi connectivity index (χ3n) is 22.7. The quantitative estimate of drug-likeness (QED) is 0.0149. The summed E-state index contributed by atoms with van der Waals surface area (Å²) >= 11 is 0. The number of carboxylic acids is 1. The molecule has 4 aromatic carbocycles. The number of nitrogens with zero attached hydrogens (tertiary/aromatic N) is 2. The van der Waals surface area contributed by atoms with E-state index in [1.165, 1.54) is 54.1 Å². The van der Waals surface area contributed by atoms with Gasteiger partial charge in [-0.2, -0.15) is 0 Å². The van der Waals surface area contributed by atoms with E-state index in [2.05, 4.69) is 79.1 Å². The average molecular weight is 1910 g/mol. The Kier molecular flexibility index (Phi) is 39.7. The van der Waals surface area contributed by atoms with E-state index in [-0.39, 0.29) is 90.2 Å². The lowest BCUT2D eigenvalue weighted by atomic mass is 9.87. The molecule has 730 valence electrons. The smallest absolute Gasteiger partial charge is 0.303 e. The predicted molar refractivity (Wildman–Crippen MR) is 498 cm³/mol. The van der Waals surface area contributed by atoms with Crippen molar-refractivity contribution in [2.24, 2.45) is 22.9 Å². The number of hydrogen-bond acceptors (Lipinski definition) is 25. The van der Waals surface area contributed by atoms with E-state index >= 15 is 28.8 Å². The van der Waals surface area contributed by atoms with Crippen LogP contribution in [0.25, 0.3) is 21.7 Å². The summed E-state index contributed by atoms with van der Waals surface area (Å²) in [5, 5.41) is 58.0. The van der Waals surface area contributed by atoms with Gasteiger partial charge in [-0.1, -0.05) is 100 Å². The number of likely N-dealkylation sites (N-methyl/N-ethyl adjacent to an activating group) is 1. The van der Waals surface area contributed by atoms with E-state index in [9.17, 15) is 67.7 Å². The number of para-hydroxylation sites is 1. The van der Waals surface area contributed by atoms with Crippen molar-refractivity contribution in [3.05, 3.63) is 143 Å². The molecule has 2 fully saturated rings. The molecule has 17 amide bonds. The first kappa shape index (κ1) is 107. The molecule has 2 aliphatic rings. The SMILES string of the molecule is CC(=O)NCCCC[C@@H]1NC(=O)[C@H](Cc2c[nH]c3c(C)cccc23)NC(=O)[C@H]([C@@H](C)O)NC(=O)[C@H](CC(N)=O)NC(=O)[C@@H](NC(C)=O)C(C)(C)SSC(C)(C)[C@@H](C(=O)N[C@@H](Cc2ccc(OCCN)cc2)C(=O)N[C@@H](Cc2ccc3ccccc3c2)C(=O)NC2(C(=O)N[C@@H](CCC(=O)O)C(=O)N[C@@H](CCC(N)=O)C(=O)N[C@@H](Cc3cccnc3)C(=O)N(C)CC(N)=O)CCOCC2)NC1=O. The minimum absolute atomic E-state index is 0.0914. The number of pyridine rings is 1. The van der Waals surface area contributed by atoms with Gasteiger partial charge >= 0.3 is 5.97 Å². The van der Waals surface area contributed by atoms with Crippen molar-refractivity contribution in [1.82, 2.24) is 84.0 Å². The first-order valence-electron chi connectivity index (χ1n) is 44.0. The lowest BCUT2D eigenvalue weighted by molar-refractivity contribution is -0.142. The zero-order valence-corrected chi connectivity index (χ0v) is 78.3. The number of fused-ring (bicyclic) bond motifs is 2. The number of amides is 17. The third-order valence-corrected chi connectivity index (χ3v) is 26.9. The second-order valence-electron chi connectivity index (χ2n) is 34.5. The molecule has 2 aromatic heterocycles. The Hall–Kier alpha value is -13.3. The number of primary amides is 3. The van der Waals surface area contributed by atoms with Crippen LogP contribution in [0.2, 0.25) is 0 Å². The summed E-state index contributed by atoms with van der Waals surface area (Å²) in [4.78, 5) is 266. The zero-order chi connectivity index (χ0) is 99.2. The molecule has 0 radical (unpaired) electrons. The fourth-order valence-electron chi connectivity index (χ4n) is 15.3. The van der Waals surface area contributed by atoms with Crippen molar-refractivity contribution in [3.8, 4) is 5.75 Å². The molecule has 2 saturated heterocycles. The lowest BCUT2D eigenvalue weighted by Crippen LogP contribution is -2.67. The maximum atomic E-state index is 16.4. The highest BCUT2D eigenvalue weighted by Crippen LogP contribution is 2.47. The molecule has 6 aromatic rings. The number of rotatable bonds is 41. The summed E-state index contributed by atoms with van der Waals surface area (Å²) < 4.78 is 8.28. The minimum Gasteiger partial charge on any atom is -0.492 e. The van der Waals surface area contributed by atoms with E-state index in [1.807, 2.05) is 19.1 Å². The molecule has 0 spiro atoms. The number of aromatic nitrogens is 2. The van der Waals surface area contributed by atoms with Crippen molar-refractivity contribution in [2.45, 2.75) is 233 Å². The summed E-state index contributed by atoms with van der Waals surface area (Å²) in [6.07, 6.45) is -2.61. The standard InChI is InChI=1S/C91H122N20O22S2/c1-49-16-14-20-60-58(47-98-73(49)60)44-66-81(124)100-61(21-12-13-36-97-51(3)113)79(122)109-76(90(7,8)135-134-89(5,6)75(99-52(4)114)85(128)105-67(45-70(94)116)82(125)108-74(50(2)112)84(127)103-66)86(129)104-64(41-53-23-26-59(27-24-53)133-39-34-92)80(123)102-65(42-54-22-25-56-18-10-11-19-57(56)40-54)83(126)110-91(32-37-132-38-33-91)88(131)107-63(29-31-72(118)119)78(121)101-62(28-30-69(93)115)77(120)106-68(43-55-17-15-35-96-46-55)87(130)111(9)48-71(95)117/h10-11,14-20,22-27,35,40,46-47,50,61-68,74-76,98,112H,12-13,21,28-34,36-39,41-45,48,92H2,1-9H3,(H2,93,115)(H2,94,116)(H2,95,117)(H,97,113)(H,99,114)(H,100,124)(H,101,121)(H,102,123)(H,103,127)(H,104,129)(H,105,128)(H,106,120)(H,107,131)(H,108,125)(H,109,122)(H,110,126)(H,118,119)/t50-,61+,62+,63+,64+,65+,66+,67+,68+,74+,75-,76-/m1/s1. The van der Waals surface area contributed by atoms with Crippen LogP contribution in [0, 0.1) is 6.92 Å². The topological polar surface area (TPSA) is 659 Å². The van der Waals surface area contributed by atoms with Crippen molar-refractivity contribution in [2.75, 3.05) is 46.5 Å². The molecule has 24 N–H and O–H groups in total. The van der Waals surface area contributed by atoms with E-state index < -0.39 is 233 Å². The normalized spacial score (nSPS) is 19.5. The number of aliphatic carboxylic acids is 1. The van der Waals surface area contributed by atoms with Crippen LogP contribution in [0.1, 0.15) is 140 Å². The molecule has 0 unspecified atom stereocenters. The molecular weight excluding hydrogens is 1790 g/mol. The van der Waals surface area contributed by atoms with Crippen LogP contribution in [-0.4, -0.2) is 266 Å². The minimum atomic E-state index is -2.09. The number of aliphatic hydroxyl groups is 1. The Morgan fingerprint density at radius 1 is 0.615 bits per heavy atom. The number of ether oxygens (including phenoxy) is 2. The second-order valence-corrected chi connectivity index (χ2v) is 38.0. The first-order valence-corrected chi connectivity index (χ1v) is 46.2. The molecule has 135 heavy (non-hydrogen) atoms. The number of carboxylic acid groups (broad SMARTS) is 1. The highest BCUT2D eigenvalue weighted by Gasteiger charge is 2.49. The number of benzene rings is 4. The molecule has 12 atom stereocenters. The molecular formula is C91H122N20O22S2. The first-order chi connectivity index (χ1) is 63.9. The van der Waals surface area contributed by atoms with Crippen LogP contribution >= 0.6 is 21.6 Å². The van der Waals surface area contributed by atoms with Gasteiger partial charge in [0.05, 0.1) is 19.1 Å². The van der Waals surface area contributed by atoms with Gasteiger partial charge in [0.25, 0.3) is 0 Å². The van der Waals surface area contributed by atoms with Gasteiger partial charge in [-0.25, -0.2) is 0 Å². The number of nitrogens with one attached hydrogen (secondary N) is 14. The monoisotopic (exact) mass is 1910 g/mol. The molecule has 0 bridgehead atoms. The van der Waals surface area contributed by atoms with Crippen molar-refractivity contribution < 1.29 is 106 Å². The number of aliphatic hydroxyl groups excluding tert-OH is 1. The van der Waals surface area contributed by atoms with Crippen molar-refractivity contribution in [3.63, 3.8) is 0 Å². The van der Waals surface area contributed by atoms with Crippen LogP contribution in [0.5, 0.6) is 5.75 Å². The van der Waals surface area contributed by atoms with Gasteiger partial charge in [0.15, 0.2) is 0 Å². The van der Waals surface area contributed by atoms with Gasteiger partial charge in [0.1, 0.15) is 84.4 Å². The van der Waals surface area contributed by atoms with E-state index in [0.717, 1.165) is 51.3 Å². The summed E-state index contributed by atoms with van der Waals surface area (Å²) in [5.74, 6) is -18.1. The maximum absolute atomic E-state index is 16.4. The van der Waals surface area contributed by atoms with Crippen LogP contribution < -0.4 is 96.8 Å². The highest BCUT2D eigenvalue weighted by atomic mass is 33.1. The van der Waals surface area contributed by atoms with Gasteiger partial charge in [0, 0.05) is 138 Å². The number of aromatic amines is 1. The largest absolute Gasteiger partial charge is 0.492 e. The number of unbranched alkanes of at least 4 members (excludes halogenated alkanes) is 1. The third kappa shape index (κ3) is 32.2. The van der Waals surface area contributed by atoms with Gasteiger partial charge in [-0.05, 0) is 130 Å². The number of aryl methyl sites for hydroxylation is 1. The Morgan fingerprint density at radius 2 is 1.21 bits per heavy atom. The van der Waals surface area contributed by atoms with E-state index in [1.54, 1.807) is 91.1 Å². The number of nitrogens with two attached hydrogens (primary N) is 4.